The molecule has 2 N–H and O–H groups in total. The van der Waals surface area contributed by atoms with Crippen LogP contribution in [0.2, 0.25) is 0 Å². The van der Waals surface area contributed by atoms with Crippen LogP contribution in [0.5, 0.6) is 0 Å². The number of halogens is 1. The van der Waals surface area contributed by atoms with Crippen LogP contribution in [0.3, 0.4) is 0 Å². The summed E-state index contributed by atoms with van der Waals surface area (Å²) in [5.41, 5.74) is 5.24. The maximum absolute atomic E-state index is 11.7. The first-order valence-electron chi connectivity index (χ1n) is 13.5. The summed E-state index contributed by atoms with van der Waals surface area (Å²) in [5, 5.41) is 9.92. The summed E-state index contributed by atoms with van der Waals surface area (Å²) in [5.74, 6) is 1.64. The number of aromatic nitrogens is 3. The van der Waals surface area contributed by atoms with Gasteiger partial charge in [0, 0.05) is 43.9 Å². The summed E-state index contributed by atoms with van der Waals surface area (Å²) >= 11 is 0. The van der Waals surface area contributed by atoms with Gasteiger partial charge in [0.2, 0.25) is 5.58 Å². The van der Waals surface area contributed by atoms with Gasteiger partial charge < -0.3 is 24.8 Å². The minimum atomic E-state index is -0.265. The van der Waals surface area contributed by atoms with Gasteiger partial charge in [-0.1, -0.05) is 35.5 Å². The van der Waals surface area contributed by atoms with Gasteiger partial charge in [0.15, 0.2) is 11.6 Å². The number of hydrogen-bond acceptors (Lipinski definition) is 8. The second-order valence-electron chi connectivity index (χ2n) is 10.0. The van der Waals surface area contributed by atoms with E-state index in [2.05, 4.69) is 55.9 Å². The first-order valence-corrected chi connectivity index (χ1v) is 13.5. The van der Waals surface area contributed by atoms with E-state index < -0.39 is 0 Å². The van der Waals surface area contributed by atoms with E-state index in [0.29, 0.717) is 30.3 Å². The maximum Gasteiger partial charge on any atom is 0.318 e. The third-order valence-corrected chi connectivity index (χ3v) is 7.49. The summed E-state index contributed by atoms with van der Waals surface area (Å²) < 4.78 is 11.5. The predicted molar refractivity (Wildman–Crippen MR) is 157 cm³/mol. The van der Waals surface area contributed by atoms with E-state index in [0.717, 1.165) is 68.2 Å². The number of amides is 2. The van der Waals surface area contributed by atoms with Crippen LogP contribution in [0.4, 0.5) is 16.3 Å². The van der Waals surface area contributed by atoms with Crippen molar-refractivity contribution in [3.05, 3.63) is 65.9 Å². The molecule has 2 aromatic carbocycles. The number of benzene rings is 2. The molecule has 40 heavy (non-hydrogen) atoms. The number of fused-ring (bicyclic) bond motifs is 1. The Morgan fingerprint density at radius 1 is 0.975 bits per heavy atom. The number of carbonyl (C=O) groups excluding carboxylic acids is 1. The van der Waals surface area contributed by atoms with Gasteiger partial charge in [-0.15, -0.1) is 12.4 Å². The first-order chi connectivity index (χ1) is 19.2. The average Bonchev–Trinajstić information content (AvgIpc) is 3.42. The SMILES string of the molecule is CNC(=O)Nc1ccc(-c2nc(N3CCOCC3)c3onc(C4CCN(Cc5ccccc5)CC4)c3n2)cc1.Cl. The smallest absolute Gasteiger partial charge is 0.318 e. The van der Waals surface area contributed by atoms with Crippen molar-refractivity contribution in [3.63, 3.8) is 0 Å². The number of anilines is 2. The molecule has 4 aromatic rings. The fourth-order valence-electron chi connectivity index (χ4n) is 5.32. The van der Waals surface area contributed by atoms with Crippen molar-refractivity contribution in [1.29, 1.82) is 0 Å². The molecule has 2 aliphatic heterocycles. The molecule has 0 saturated carbocycles. The summed E-state index contributed by atoms with van der Waals surface area (Å²) in [4.78, 5) is 26.3. The van der Waals surface area contributed by atoms with Gasteiger partial charge in [-0.2, -0.15) is 0 Å². The topological polar surface area (TPSA) is 109 Å². The molecular formula is C29H34ClN7O3. The molecule has 2 aliphatic rings. The van der Waals surface area contributed by atoms with Gasteiger partial charge in [-0.25, -0.2) is 14.8 Å². The zero-order valence-corrected chi connectivity index (χ0v) is 23.3. The van der Waals surface area contributed by atoms with Crippen molar-refractivity contribution in [2.75, 3.05) is 56.7 Å². The van der Waals surface area contributed by atoms with Gasteiger partial charge in [-0.05, 0) is 55.8 Å². The number of urea groups is 1. The predicted octanol–water partition coefficient (Wildman–Crippen LogP) is 4.67. The molecule has 2 fully saturated rings. The summed E-state index contributed by atoms with van der Waals surface area (Å²) in [6.45, 7) is 5.71. The van der Waals surface area contributed by atoms with E-state index in [9.17, 15) is 4.79 Å². The number of nitrogens with one attached hydrogen (secondary N) is 2. The normalized spacial score (nSPS) is 16.5. The van der Waals surface area contributed by atoms with Crippen molar-refractivity contribution in [3.8, 4) is 11.4 Å². The number of hydrogen-bond donors (Lipinski definition) is 2. The molecule has 2 amide bonds. The lowest BCUT2D eigenvalue weighted by molar-refractivity contribution is 0.122. The Kier molecular flexibility index (Phi) is 8.78. The second kappa shape index (κ2) is 12.6. The van der Waals surface area contributed by atoms with E-state index >= 15 is 0 Å². The van der Waals surface area contributed by atoms with E-state index in [1.807, 2.05) is 24.3 Å². The zero-order valence-electron chi connectivity index (χ0n) is 22.5. The van der Waals surface area contributed by atoms with E-state index in [4.69, 9.17) is 19.2 Å². The lowest BCUT2D eigenvalue weighted by Gasteiger charge is -2.31. The van der Waals surface area contributed by atoms with Crippen LogP contribution in [-0.4, -0.2) is 72.5 Å². The molecule has 6 rings (SSSR count). The Morgan fingerprint density at radius 2 is 1.70 bits per heavy atom. The van der Waals surface area contributed by atoms with Gasteiger partial charge >= 0.3 is 6.03 Å². The van der Waals surface area contributed by atoms with Crippen molar-refractivity contribution < 1.29 is 14.1 Å². The van der Waals surface area contributed by atoms with Crippen LogP contribution >= 0.6 is 12.4 Å². The van der Waals surface area contributed by atoms with Crippen LogP contribution < -0.4 is 15.5 Å². The number of rotatable bonds is 6. The molecule has 4 heterocycles. The number of ether oxygens (including phenoxy) is 1. The van der Waals surface area contributed by atoms with Crippen LogP contribution in [0.25, 0.3) is 22.5 Å². The fraction of sp³-hybridized carbons (Fsp3) is 0.379. The molecule has 0 atom stereocenters. The standard InChI is InChI=1S/C29H33N7O3.ClH/c1-30-29(37)31-23-9-7-22(8-10-23)27-32-25-24(34-39-26(25)28(33-27)36-15-17-38-18-16-36)21-11-13-35(14-12-21)19-20-5-3-2-4-6-20;/h2-10,21H,11-19H2,1H3,(H2,30,31,37);1H. The minimum absolute atomic E-state index is 0. The summed E-state index contributed by atoms with van der Waals surface area (Å²) in [7, 11) is 1.59. The van der Waals surface area contributed by atoms with Crippen LogP contribution in [0, 0.1) is 0 Å². The highest BCUT2D eigenvalue weighted by atomic mass is 35.5. The van der Waals surface area contributed by atoms with Crippen LogP contribution in [0.1, 0.15) is 30.0 Å². The lowest BCUT2D eigenvalue weighted by Crippen LogP contribution is -2.37. The molecule has 210 valence electrons. The summed E-state index contributed by atoms with van der Waals surface area (Å²) in [6, 6.07) is 17.9. The van der Waals surface area contributed by atoms with E-state index in [1.165, 1.54) is 5.56 Å². The minimum Gasteiger partial charge on any atom is -0.378 e. The Balaban J connectivity index is 0.00000323. The molecule has 10 nitrogen and oxygen atoms in total. The van der Waals surface area contributed by atoms with Crippen LogP contribution in [-0.2, 0) is 11.3 Å². The average molecular weight is 564 g/mol. The van der Waals surface area contributed by atoms with Crippen molar-refractivity contribution in [2.45, 2.75) is 25.3 Å². The van der Waals surface area contributed by atoms with E-state index in [-0.39, 0.29) is 24.4 Å². The Hall–Kier alpha value is -3.73. The van der Waals surface area contributed by atoms with Gasteiger partial charge in [0.1, 0.15) is 11.2 Å². The largest absolute Gasteiger partial charge is 0.378 e. The Bertz CT molecular complexity index is 1420. The molecule has 0 unspecified atom stereocenters. The molecular weight excluding hydrogens is 530 g/mol. The number of morpholine rings is 1. The lowest BCUT2D eigenvalue weighted by atomic mass is 9.92. The molecule has 2 aromatic heterocycles. The zero-order chi connectivity index (χ0) is 26.6. The van der Waals surface area contributed by atoms with Crippen LogP contribution in [0.15, 0.2) is 59.1 Å². The highest BCUT2D eigenvalue weighted by Crippen LogP contribution is 2.36. The first kappa shape index (κ1) is 27.8. The maximum atomic E-state index is 11.7. The Labute approximate surface area is 239 Å². The van der Waals surface area contributed by atoms with Crippen molar-refractivity contribution in [1.82, 2.24) is 25.3 Å². The Morgan fingerprint density at radius 3 is 2.40 bits per heavy atom. The molecule has 0 bridgehead atoms. The monoisotopic (exact) mass is 563 g/mol. The second-order valence-corrected chi connectivity index (χ2v) is 10.0. The van der Waals surface area contributed by atoms with Crippen molar-refractivity contribution in [2.24, 2.45) is 0 Å². The van der Waals surface area contributed by atoms with Crippen molar-refractivity contribution >= 4 is 41.0 Å². The third-order valence-electron chi connectivity index (χ3n) is 7.49. The fourth-order valence-corrected chi connectivity index (χ4v) is 5.32. The van der Waals surface area contributed by atoms with E-state index in [1.54, 1.807) is 7.05 Å². The molecule has 2 saturated heterocycles. The van der Waals surface area contributed by atoms with Gasteiger partial charge in [0.25, 0.3) is 0 Å². The highest BCUT2D eigenvalue weighted by molar-refractivity contribution is 5.90. The van der Waals surface area contributed by atoms with Gasteiger partial charge in [0.05, 0.1) is 13.2 Å². The number of nitrogens with zero attached hydrogens (tertiary/aromatic N) is 5. The van der Waals surface area contributed by atoms with Gasteiger partial charge in [-0.3, -0.25) is 4.90 Å². The highest BCUT2D eigenvalue weighted by Gasteiger charge is 2.29. The quantitative estimate of drug-likeness (QED) is 0.348. The third kappa shape index (κ3) is 6.04. The molecule has 0 spiro atoms. The number of piperidine rings is 1. The molecule has 0 aliphatic carbocycles. The number of likely N-dealkylation sites (tertiary alicyclic amines) is 1. The molecule has 0 radical (unpaired) electrons. The number of carbonyl (C=O) groups is 1. The summed E-state index contributed by atoms with van der Waals surface area (Å²) in [6.07, 6.45) is 2.00. The molecule has 11 heteroatoms.